The molecule has 39 heavy (non-hydrogen) atoms. The fourth-order valence-electron chi connectivity index (χ4n) is 4.20. The Labute approximate surface area is 242 Å². The first kappa shape index (κ1) is 27.7. The van der Waals surface area contributed by atoms with Gasteiger partial charge in [0.05, 0.1) is 16.9 Å². The summed E-state index contributed by atoms with van der Waals surface area (Å²) in [5, 5.41) is 1.17. The predicted molar refractivity (Wildman–Crippen MR) is 153 cm³/mol. The summed E-state index contributed by atoms with van der Waals surface area (Å²) in [6.45, 7) is 4.17. The molecule has 3 aromatic heterocycles. The van der Waals surface area contributed by atoms with Crippen molar-refractivity contribution in [3.05, 3.63) is 150 Å². The van der Waals surface area contributed by atoms with Gasteiger partial charge in [0, 0.05) is 43.6 Å². The number of hydrogen-bond acceptors (Lipinski definition) is 4. The number of pyridine rings is 3. The Hall–Kier alpha value is -4.31. The Bertz CT molecular complexity index is 1670. The summed E-state index contributed by atoms with van der Waals surface area (Å²) in [5.41, 5.74) is 8.29. The van der Waals surface area contributed by atoms with E-state index in [0.29, 0.717) is 11.1 Å². The molecule has 3 heterocycles. The number of aryl methyl sites for hydroxylation is 2. The van der Waals surface area contributed by atoms with Gasteiger partial charge in [-0.15, -0.1) is 34.9 Å². The van der Waals surface area contributed by atoms with Crippen LogP contribution in [0.15, 0.2) is 122 Å². The van der Waals surface area contributed by atoms with Gasteiger partial charge in [-0.3, -0.25) is 19.7 Å². The Morgan fingerprint density at radius 1 is 0.667 bits per heavy atom. The molecule has 5 heteroatoms. The number of carbonyl (C=O) groups excluding carboxylic acids is 1. The second-order valence-electron chi connectivity index (χ2n) is 8.99. The minimum Gasteiger partial charge on any atom is -0.296 e. The largest absolute Gasteiger partial charge is 0.296 e. The molecule has 0 amide bonds. The Balaban J connectivity index is 0.000000177. The van der Waals surface area contributed by atoms with E-state index in [9.17, 15) is 4.79 Å². The van der Waals surface area contributed by atoms with E-state index in [4.69, 9.17) is 4.98 Å². The number of nitrogens with zero attached hydrogens (tertiary/aromatic N) is 3. The fourth-order valence-corrected chi connectivity index (χ4v) is 4.20. The Kier molecular flexibility index (Phi) is 9.22. The summed E-state index contributed by atoms with van der Waals surface area (Å²) in [4.78, 5) is 25.5. The molecule has 0 saturated heterocycles. The number of para-hydroxylation sites is 1. The molecule has 0 saturated carbocycles. The van der Waals surface area contributed by atoms with Gasteiger partial charge in [-0.1, -0.05) is 80.6 Å². The minimum atomic E-state index is -0.0225. The van der Waals surface area contributed by atoms with Gasteiger partial charge in [0.1, 0.15) is 0 Å². The average molecular weight is 685 g/mol. The molecule has 0 unspecified atom stereocenters. The third-order valence-corrected chi connectivity index (χ3v) is 6.01. The van der Waals surface area contributed by atoms with Crippen molar-refractivity contribution in [1.29, 1.82) is 0 Å². The van der Waals surface area contributed by atoms with Crippen LogP contribution in [0.2, 0.25) is 0 Å². The molecule has 1 radical (unpaired) electrons. The van der Waals surface area contributed by atoms with Gasteiger partial charge in [-0.2, -0.15) is 0 Å². The summed E-state index contributed by atoms with van der Waals surface area (Å²) in [7, 11) is 0. The van der Waals surface area contributed by atoms with Crippen LogP contribution in [0.25, 0.3) is 33.5 Å². The van der Waals surface area contributed by atoms with Gasteiger partial charge in [0.15, 0.2) is 5.78 Å². The molecule has 0 fully saturated rings. The zero-order valence-corrected chi connectivity index (χ0v) is 24.0. The molecule has 0 bridgehead atoms. The van der Waals surface area contributed by atoms with Crippen LogP contribution in [0.5, 0.6) is 0 Å². The SMILES string of the molecule is Cc1[c-]c(-c2ccc3ccccc3n2)cc(C)c1.O=C(c1ccccc1)c1ccc(-c2ccccn2)nc1.[Ir]. The zero-order chi connectivity index (χ0) is 26.3. The second-order valence-corrected chi connectivity index (χ2v) is 8.99. The van der Waals surface area contributed by atoms with Crippen LogP contribution in [0, 0.1) is 19.9 Å². The number of ketones is 1. The predicted octanol–water partition coefficient (Wildman–Crippen LogP) is 7.69. The van der Waals surface area contributed by atoms with Crippen molar-refractivity contribution in [2.24, 2.45) is 0 Å². The summed E-state index contributed by atoms with van der Waals surface area (Å²) >= 11 is 0. The molecule has 0 spiro atoms. The molecule has 0 aliphatic rings. The molecule has 6 rings (SSSR count). The van der Waals surface area contributed by atoms with Gasteiger partial charge in [0.2, 0.25) is 0 Å². The van der Waals surface area contributed by atoms with Crippen LogP contribution in [0.3, 0.4) is 0 Å². The zero-order valence-electron chi connectivity index (χ0n) is 21.6. The quantitative estimate of drug-likeness (QED) is 0.141. The number of aromatic nitrogens is 3. The van der Waals surface area contributed by atoms with E-state index >= 15 is 0 Å². The van der Waals surface area contributed by atoms with Crippen LogP contribution in [-0.2, 0) is 20.1 Å². The van der Waals surface area contributed by atoms with E-state index in [0.717, 1.165) is 33.7 Å². The monoisotopic (exact) mass is 685 g/mol. The molecule has 193 valence electrons. The Morgan fingerprint density at radius 3 is 2.10 bits per heavy atom. The van der Waals surface area contributed by atoms with E-state index in [2.05, 4.69) is 60.2 Å². The van der Waals surface area contributed by atoms with E-state index in [1.54, 1.807) is 30.6 Å². The number of hydrogen-bond donors (Lipinski definition) is 0. The van der Waals surface area contributed by atoms with Crippen molar-refractivity contribution in [3.8, 4) is 22.6 Å². The van der Waals surface area contributed by atoms with Crippen molar-refractivity contribution < 1.29 is 24.9 Å². The maximum Gasteiger partial charge on any atom is 0.194 e. The first-order valence-corrected chi connectivity index (χ1v) is 12.4. The molecular formula is C34H26IrN3O-. The first-order valence-electron chi connectivity index (χ1n) is 12.4. The summed E-state index contributed by atoms with van der Waals surface area (Å²) in [5.74, 6) is -0.0225. The smallest absolute Gasteiger partial charge is 0.194 e. The van der Waals surface area contributed by atoms with Crippen molar-refractivity contribution >= 4 is 16.7 Å². The standard InChI is InChI=1S/C17H12N2O.C17H14N.Ir/c20-17(13-6-2-1-3-7-13)14-9-10-16(19-12-14)15-8-4-5-11-18-15;1-12-9-13(2)11-15(10-12)17-8-7-14-5-3-4-6-16(14)18-17;/h1-12H;3-10H,1-2H3;/q;-1;. The molecule has 3 aromatic carbocycles. The molecule has 6 aromatic rings. The van der Waals surface area contributed by atoms with Gasteiger partial charge < -0.3 is 0 Å². The van der Waals surface area contributed by atoms with Crippen LogP contribution in [0.4, 0.5) is 0 Å². The van der Waals surface area contributed by atoms with E-state index in [1.165, 1.54) is 10.9 Å². The minimum absolute atomic E-state index is 0. The van der Waals surface area contributed by atoms with Crippen molar-refractivity contribution in [2.75, 3.05) is 0 Å². The Morgan fingerprint density at radius 2 is 1.38 bits per heavy atom. The van der Waals surface area contributed by atoms with Crippen LogP contribution < -0.4 is 0 Å². The van der Waals surface area contributed by atoms with Gasteiger partial charge >= 0.3 is 0 Å². The van der Waals surface area contributed by atoms with Crippen molar-refractivity contribution in [2.45, 2.75) is 13.8 Å². The number of benzene rings is 3. The maximum atomic E-state index is 12.2. The summed E-state index contributed by atoms with van der Waals surface area (Å²) in [6, 6.07) is 38.4. The van der Waals surface area contributed by atoms with Gasteiger partial charge in [-0.05, 0) is 41.4 Å². The average Bonchev–Trinajstić information content (AvgIpc) is 2.97. The van der Waals surface area contributed by atoms with E-state index in [-0.39, 0.29) is 25.9 Å². The van der Waals surface area contributed by atoms with Gasteiger partial charge in [-0.25, -0.2) is 0 Å². The van der Waals surface area contributed by atoms with Crippen molar-refractivity contribution in [1.82, 2.24) is 15.0 Å². The molecule has 0 atom stereocenters. The molecule has 4 nitrogen and oxygen atoms in total. The summed E-state index contributed by atoms with van der Waals surface area (Å²) in [6.07, 6.45) is 3.32. The fraction of sp³-hybridized carbons (Fsp3) is 0.0588. The topological polar surface area (TPSA) is 55.7 Å². The molecule has 0 aliphatic carbocycles. The van der Waals surface area contributed by atoms with E-state index < -0.39 is 0 Å². The van der Waals surface area contributed by atoms with E-state index in [1.807, 2.05) is 60.7 Å². The summed E-state index contributed by atoms with van der Waals surface area (Å²) < 4.78 is 0. The molecule has 0 aliphatic heterocycles. The first-order chi connectivity index (χ1) is 18.6. The molecular weight excluding hydrogens is 659 g/mol. The van der Waals surface area contributed by atoms with Crippen molar-refractivity contribution in [3.63, 3.8) is 0 Å². The third-order valence-electron chi connectivity index (χ3n) is 6.01. The molecule has 0 N–H and O–H groups in total. The number of rotatable bonds is 4. The van der Waals surface area contributed by atoms with Gasteiger partial charge in [0.25, 0.3) is 0 Å². The third kappa shape index (κ3) is 6.97. The maximum absolute atomic E-state index is 12.2. The normalized spacial score (nSPS) is 10.2. The van der Waals surface area contributed by atoms with Crippen LogP contribution in [-0.4, -0.2) is 20.7 Å². The second kappa shape index (κ2) is 13.0. The number of fused-ring (bicyclic) bond motifs is 1. The number of carbonyl (C=O) groups is 1. The van der Waals surface area contributed by atoms with Crippen LogP contribution in [0.1, 0.15) is 27.0 Å². The van der Waals surface area contributed by atoms with Crippen LogP contribution >= 0.6 is 0 Å².